The summed E-state index contributed by atoms with van der Waals surface area (Å²) in [4.78, 5) is 9.40. The molecule has 0 amide bonds. The zero-order valence-corrected chi connectivity index (χ0v) is 14.8. The molecule has 1 aromatic rings. The minimum Gasteiger partial charge on any atom is -0.372 e. The summed E-state index contributed by atoms with van der Waals surface area (Å²) in [5.74, 6) is 3.70. The summed E-state index contributed by atoms with van der Waals surface area (Å²) in [5, 5.41) is 3.17. The smallest absolute Gasteiger partial charge is 0.160 e. The maximum atomic E-state index is 5.79. The first-order valence-corrected chi connectivity index (χ1v) is 8.62. The molecule has 6 heteroatoms. The third-order valence-electron chi connectivity index (χ3n) is 2.92. The molecule has 0 radical (unpaired) electrons. The van der Waals surface area contributed by atoms with Gasteiger partial charge in [-0.25, -0.2) is 9.97 Å². The highest BCUT2D eigenvalue weighted by Gasteiger charge is 2.26. The third-order valence-corrected chi connectivity index (χ3v) is 4.94. The first-order chi connectivity index (χ1) is 8.93. The predicted molar refractivity (Wildman–Crippen MR) is 89.0 cm³/mol. The molecule has 106 valence electrons. The molecule has 0 aromatic carbocycles. The van der Waals surface area contributed by atoms with Gasteiger partial charge in [0.25, 0.3) is 0 Å². The first-order valence-electron chi connectivity index (χ1n) is 6.38. The molecule has 0 bridgehead atoms. The lowest BCUT2D eigenvalue weighted by Crippen LogP contribution is -2.23. The van der Waals surface area contributed by atoms with E-state index in [0.29, 0.717) is 0 Å². The van der Waals surface area contributed by atoms with E-state index >= 15 is 0 Å². The lowest BCUT2D eigenvalue weighted by molar-refractivity contribution is 0.0692. The van der Waals surface area contributed by atoms with Gasteiger partial charge in [0.05, 0.1) is 15.9 Å². The summed E-state index contributed by atoms with van der Waals surface area (Å²) >= 11 is 4.22. The molecule has 2 rings (SSSR count). The Morgan fingerprint density at radius 3 is 2.63 bits per heavy atom. The Kier molecular flexibility index (Phi) is 4.94. The molecule has 4 nitrogen and oxygen atoms in total. The Bertz CT molecular complexity index is 456. The van der Waals surface area contributed by atoms with Crippen LogP contribution in [0.3, 0.4) is 0 Å². The van der Waals surface area contributed by atoms with Crippen molar-refractivity contribution >= 4 is 40.2 Å². The van der Waals surface area contributed by atoms with Crippen LogP contribution in [0.2, 0.25) is 0 Å². The van der Waals surface area contributed by atoms with Crippen molar-refractivity contribution in [1.29, 1.82) is 0 Å². The SMILES string of the molecule is CNc1nc(C2CSCCO2)nc(C(C)(C)C)c1I. The highest BCUT2D eigenvalue weighted by molar-refractivity contribution is 14.1. The van der Waals surface area contributed by atoms with E-state index in [0.717, 1.165) is 39.0 Å². The van der Waals surface area contributed by atoms with E-state index in [-0.39, 0.29) is 11.5 Å². The second-order valence-electron chi connectivity index (χ2n) is 5.53. The fourth-order valence-corrected chi connectivity index (χ4v) is 4.07. The van der Waals surface area contributed by atoms with Crippen molar-refractivity contribution in [2.24, 2.45) is 0 Å². The van der Waals surface area contributed by atoms with Crippen LogP contribution in [-0.4, -0.2) is 35.1 Å². The van der Waals surface area contributed by atoms with Crippen LogP contribution < -0.4 is 5.32 Å². The van der Waals surface area contributed by atoms with E-state index in [4.69, 9.17) is 9.72 Å². The van der Waals surface area contributed by atoms with Crippen molar-refractivity contribution < 1.29 is 4.74 Å². The van der Waals surface area contributed by atoms with Gasteiger partial charge in [0.15, 0.2) is 5.82 Å². The number of halogens is 1. The highest BCUT2D eigenvalue weighted by atomic mass is 127. The zero-order valence-electron chi connectivity index (χ0n) is 11.8. The zero-order chi connectivity index (χ0) is 14.0. The highest BCUT2D eigenvalue weighted by Crippen LogP contribution is 2.32. The molecule has 2 heterocycles. The van der Waals surface area contributed by atoms with Crippen molar-refractivity contribution in [3.05, 3.63) is 15.1 Å². The largest absolute Gasteiger partial charge is 0.372 e. The molecule has 19 heavy (non-hydrogen) atoms. The molecule has 1 aliphatic rings. The monoisotopic (exact) mass is 393 g/mol. The molecule has 1 aromatic heterocycles. The van der Waals surface area contributed by atoms with Gasteiger partial charge in [-0.3, -0.25) is 0 Å². The van der Waals surface area contributed by atoms with Gasteiger partial charge >= 0.3 is 0 Å². The number of nitrogens with one attached hydrogen (secondary N) is 1. The van der Waals surface area contributed by atoms with E-state index in [1.54, 1.807) is 0 Å². The molecule has 1 N–H and O–H groups in total. The Balaban J connectivity index is 2.44. The van der Waals surface area contributed by atoms with Crippen LogP contribution in [0.25, 0.3) is 0 Å². The van der Waals surface area contributed by atoms with Crippen LogP contribution in [0.1, 0.15) is 38.4 Å². The Hall–Kier alpha value is -0.0800. The van der Waals surface area contributed by atoms with Crippen LogP contribution in [0.15, 0.2) is 0 Å². The lowest BCUT2D eigenvalue weighted by atomic mass is 9.92. The first kappa shape index (κ1) is 15.3. The van der Waals surface area contributed by atoms with E-state index in [1.165, 1.54) is 0 Å². The minimum absolute atomic E-state index is 0.00161. The van der Waals surface area contributed by atoms with Gasteiger partial charge in [-0.2, -0.15) is 11.8 Å². The van der Waals surface area contributed by atoms with Gasteiger partial charge in [0.1, 0.15) is 11.9 Å². The average Bonchev–Trinajstić information content (AvgIpc) is 2.38. The number of aromatic nitrogens is 2. The summed E-state index contributed by atoms with van der Waals surface area (Å²) in [5.41, 5.74) is 1.09. The minimum atomic E-state index is 0.00161. The summed E-state index contributed by atoms with van der Waals surface area (Å²) in [6.45, 7) is 7.32. The predicted octanol–water partition coefficient (Wildman–Crippen LogP) is 3.22. The van der Waals surface area contributed by atoms with Crippen molar-refractivity contribution in [3.63, 3.8) is 0 Å². The number of hydrogen-bond donors (Lipinski definition) is 1. The number of anilines is 1. The molecule has 1 saturated heterocycles. The van der Waals surface area contributed by atoms with Crippen LogP contribution in [0.4, 0.5) is 5.82 Å². The molecule has 0 saturated carbocycles. The number of ether oxygens (including phenoxy) is 1. The Labute approximate surface area is 132 Å². The summed E-state index contributed by atoms with van der Waals surface area (Å²) in [6, 6.07) is 0. The third kappa shape index (κ3) is 3.52. The maximum Gasteiger partial charge on any atom is 0.160 e. The van der Waals surface area contributed by atoms with Gasteiger partial charge in [-0.05, 0) is 22.6 Å². The number of rotatable bonds is 2. The average molecular weight is 393 g/mol. The summed E-state index contributed by atoms with van der Waals surface area (Å²) in [7, 11) is 1.90. The van der Waals surface area contributed by atoms with Gasteiger partial charge in [-0.15, -0.1) is 0 Å². The van der Waals surface area contributed by atoms with Gasteiger partial charge in [0.2, 0.25) is 0 Å². The Morgan fingerprint density at radius 2 is 2.11 bits per heavy atom. The quantitative estimate of drug-likeness (QED) is 0.782. The van der Waals surface area contributed by atoms with Gasteiger partial charge in [-0.1, -0.05) is 20.8 Å². The summed E-state index contributed by atoms with van der Waals surface area (Å²) in [6.07, 6.45) is 0.0175. The van der Waals surface area contributed by atoms with Crippen molar-refractivity contribution in [1.82, 2.24) is 9.97 Å². The van der Waals surface area contributed by atoms with E-state index in [2.05, 4.69) is 53.7 Å². The molecule has 0 spiro atoms. The van der Waals surface area contributed by atoms with E-state index < -0.39 is 0 Å². The van der Waals surface area contributed by atoms with Crippen LogP contribution in [0.5, 0.6) is 0 Å². The van der Waals surface area contributed by atoms with Crippen LogP contribution in [0, 0.1) is 3.57 Å². The second-order valence-corrected chi connectivity index (χ2v) is 7.76. The summed E-state index contributed by atoms with van der Waals surface area (Å²) < 4.78 is 6.89. The fourth-order valence-electron chi connectivity index (χ4n) is 1.91. The van der Waals surface area contributed by atoms with E-state index in [9.17, 15) is 0 Å². The standard InChI is InChI=1S/C13H20IN3OS/c1-13(2,3)10-9(14)12(15-4)17-11(16-10)8-7-19-6-5-18-8/h8H,5-7H2,1-4H3,(H,15,16,17). The van der Waals surface area contributed by atoms with Crippen LogP contribution >= 0.6 is 34.4 Å². The van der Waals surface area contributed by atoms with Crippen molar-refractivity contribution in [2.75, 3.05) is 30.5 Å². The Morgan fingerprint density at radius 1 is 1.37 bits per heavy atom. The van der Waals surface area contributed by atoms with Crippen molar-refractivity contribution in [3.8, 4) is 0 Å². The fraction of sp³-hybridized carbons (Fsp3) is 0.692. The normalized spacial score (nSPS) is 20.4. The number of nitrogens with zero attached hydrogens (tertiary/aromatic N) is 2. The molecule has 1 aliphatic heterocycles. The molecule has 1 unspecified atom stereocenters. The van der Waals surface area contributed by atoms with Crippen molar-refractivity contribution in [2.45, 2.75) is 32.3 Å². The topological polar surface area (TPSA) is 47.0 Å². The second kappa shape index (κ2) is 6.13. The molecule has 0 aliphatic carbocycles. The van der Waals surface area contributed by atoms with E-state index in [1.807, 2.05) is 18.8 Å². The molecular weight excluding hydrogens is 373 g/mol. The number of hydrogen-bond acceptors (Lipinski definition) is 5. The van der Waals surface area contributed by atoms with Gasteiger partial charge < -0.3 is 10.1 Å². The van der Waals surface area contributed by atoms with Crippen LogP contribution in [-0.2, 0) is 10.2 Å². The molecular formula is C13H20IN3OS. The maximum absolute atomic E-state index is 5.79. The molecule has 1 fully saturated rings. The number of thioether (sulfide) groups is 1. The molecule has 1 atom stereocenters. The lowest BCUT2D eigenvalue weighted by Gasteiger charge is -2.25. The van der Waals surface area contributed by atoms with Gasteiger partial charge in [0, 0.05) is 24.0 Å².